The third-order valence-electron chi connectivity index (χ3n) is 3.13. The highest BCUT2D eigenvalue weighted by atomic mass is 33.1. The molecule has 0 unspecified atom stereocenters. The van der Waals surface area contributed by atoms with E-state index >= 15 is 0 Å². The molecule has 0 bridgehead atoms. The molecule has 3 aromatic rings. The number of nitrogens with zero attached hydrogens (tertiary/aromatic N) is 8. The van der Waals surface area contributed by atoms with Crippen LogP contribution in [-0.4, -0.2) is 40.4 Å². The highest BCUT2D eigenvalue weighted by Gasteiger charge is 2.14. The van der Waals surface area contributed by atoms with Gasteiger partial charge in [0.2, 0.25) is 10.3 Å². The topological polar surface area (TPSA) is 87.2 Å². The lowest BCUT2D eigenvalue weighted by Gasteiger charge is -2.04. The molecule has 0 fully saturated rings. The number of hydrogen-bond donors (Lipinski definition) is 0. The molecule has 2 heterocycles. The fourth-order valence-corrected chi connectivity index (χ4v) is 3.80. The van der Waals surface area contributed by atoms with Crippen LogP contribution in [0.15, 0.2) is 76.8 Å². The van der Waals surface area contributed by atoms with Crippen LogP contribution in [0, 0.1) is 0 Å². The maximum Gasteiger partial charge on any atom is 0.225 e. The van der Waals surface area contributed by atoms with Crippen LogP contribution in [0.4, 0.5) is 0 Å². The van der Waals surface area contributed by atoms with Gasteiger partial charge in [-0.3, -0.25) is 0 Å². The van der Waals surface area contributed by atoms with Crippen LogP contribution in [0.1, 0.15) is 0 Å². The van der Waals surface area contributed by atoms with Gasteiger partial charge in [-0.1, -0.05) is 24.3 Å². The van der Waals surface area contributed by atoms with Crippen molar-refractivity contribution >= 4 is 27.3 Å². The van der Waals surface area contributed by atoms with Crippen LogP contribution in [0.5, 0.6) is 0 Å². The van der Waals surface area contributed by atoms with Crippen molar-refractivity contribution in [1.82, 2.24) is 40.4 Å². The maximum absolute atomic E-state index is 4.07. The smallest absolute Gasteiger partial charge is 0.187 e. The molecule has 2 aromatic heterocycles. The van der Waals surface area contributed by atoms with E-state index in [1.165, 1.54) is 21.6 Å². The Kier molecular flexibility index (Phi) is 4.55. The quantitative estimate of drug-likeness (QED) is 0.503. The molecule has 1 aliphatic rings. The minimum Gasteiger partial charge on any atom is -0.187 e. The molecular weight excluding hydrogens is 356 g/mol. The van der Waals surface area contributed by atoms with Gasteiger partial charge >= 0.3 is 0 Å². The lowest BCUT2D eigenvalue weighted by Crippen LogP contribution is -2.00. The van der Waals surface area contributed by atoms with Gasteiger partial charge in [0.1, 0.15) is 0 Å². The summed E-state index contributed by atoms with van der Waals surface area (Å²) in [5, 5.41) is 25.0. The molecule has 0 saturated heterocycles. The Morgan fingerprint density at radius 3 is 2.36 bits per heavy atom. The molecular formula is C15H10N8S2. The zero-order valence-corrected chi connectivity index (χ0v) is 14.3. The fourth-order valence-electron chi connectivity index (χ4n) is 2.02. The van der Waals surface area contributed by atoms with Gasteiger partial charge < -0.3 is 0 Å². The van der Waals surface area contributed by atoms with E-state index in [2.05, 4.69) is 36.8 Å². The highest BCUT2D eigenvalue weighted by Crippen LogP contribution is 2.35. The molecule has 25 heavy (non-hydrogen) atoms. The minimum atomic E-state index is 0.624. The summed E-state index contributed by atoms with van der Waals surface area (Å²) in [4.78, 5) is 0. The average Bonchev–Trinajstić information content (AvgIpc) is 3.23. The van der Waals surface area contributed by atoms with Gasteiger partial charge in [-0.25, -0.2) is 0 Å². The first-order valence-corrected chi connectivity index (χ1v) is 9.33. The number of tetrazole rings is 2. The van der Waals surface area contributed by atoms with Crippen molar-refractivity contribution in [3.63, 3.8) is 0 Å². The van der Waals surface area contributed by atoms with E-state index < -0.39 is 0 Å². The first-order chi connectivity index (χ1) is 12.4. The van der Waals surface area contributed by atoms with Gasteiger partial charge in [0.15, 0.2) is 0 Å². The Morgan fingerprint density at radius 1 is 0.840 bits per heavy atom. The van der Waals surface area contributed by atoms with E-state index in [1.807, 2.05) is 60.7 Å². The van der Waals surface area contributed by atoms with Crippen LogP contribution >= 0.6 is 21.6 Å². The summed E-state index contributed by atoms with van der Waals surface area (Å²) in [5.74, 6) is 0. The number of hydrogen-bond acceptors (Lipinski definition) is 8. The second-order valence-electron chi connectivity index (χ2n) is 4.70. The Morgan fingerprint density at radius 2 is 1.56 bits per heavy atom. The van der Waals surface area contributed by atoms with Crippen molar-refractivity contribution in [1.29, 1.82) is 0 Å². The summed E-state index contributed by atoms with van der Waals surface area (Å²) in [7, 11) is 2.77. The van der Waals surface area contributed by atoms with Crippen LogP contribution < -0.4 is 0 Å². The third kappa shape index (κ3) is 3.45. The lowest BCUT2D eigenvalue weighted by atomic mass is 10.3. The first-order valence-electron chi connectivity index (χ1n) is 7.18. The number of para-hydroxylation sites is 1. The summed E-state index contributed by atoms with van der Waals surface area (Å²) >= 11 is 0. The zero-order chi connectivity index (χ0) is 16.9. The molecule has 4 rings (SSSR count). The molecule has 0 aliphatic heterocycles. The van der Waals surface area contributed by atoms with Gasteiger partial charge in [-0.15, -0.1) is 15.9 Å². The Balaban J connectivity index is 1.55. The molecule has 122 valence electrons. The van der Waals surface area contributed by atoms with Crippen molar-refractivity contribution < 1.29 is 0 Å². The predicted molar refractivity (Wildman–Crippen MR) is 94.8 cm³/mol. The van der Waals surface area contributed by atoms with Crippen molar-refractivity contribution in [2.24, 2.45) is 0 Å². The second kappa shape index (κ2) is 7.31. The Hall–Kier alpha value is -2.94. The summed E-state index contributed by atoms with van der Waals surface area (Å²) < 4.78 is 3.32. The molecule has 1 aliphatic carbocycles. The molecule has 0 saturated carbocycles. The minimum absolute atomic E-state index is 0.624. The van der Waals surface area contributed by atoms with Crippen molar-refractivity contribution in [2.75, 3.05) is 0 Å². The van der Waals surface area contributed by atoms with Gasteiger partial charge in [-0.2, -0.15) is 9.36 Å². The zero-order valence-electron chi connectivity index (χ0n) is 12.7. The number of rotatable bonds is 5. The molecule has 0 atom stereocenters. The van der Waals surface area contributed by atoms with Crippen LogP contribution in [0.25, 0.3) is 11.4 Å². The number of aromatic nitrogens is 8. The van der Waals surface area contributed by atoms with Gasteiger partial charge in [0, 0.05) is 0 Å². The van der Waals surface area contributed by atoms with Crippen LogP contribution in [-0.2, 0) is 0 Å². The van der Waals surface area contributed by atoms with Gasteiger partial charge in [-0.05, 0) is 78.9 Å². The van der Waals surface area contributed by atoms with E-state index in [1.54, 1.807) is 9.36 Å². The molecule has 1 aromatic carbocycles. The molecule has 0 N–H and O–H groups in total. The SMILES string of the molecule is C1=CC=CC(n2nnnc2SSc2nnnn2-c2ccccc2)=CC=1. The Bertz CT molecular complexity index is 995. The maximum atomic E-state index is 4.07. The summed E-state index contributed by atoms with van der Waals surface area (Å²) in [6.07, 6.45) is 9.32. The summed E-state index contributed by atoms with van der Waals surface area (Å²) in [6, 6.07) is 9.70. The normalized spacial score (nSPS) is 13.0. The predicted octanol–water partition coefficient (Wildman–Crippen LogP) is 2.57. The largest absolute Gasteiger partial charge is 0.225 e. The molecule has 8 nitrogen and oxygen atoms in total. The summed E-state index contributed by atoms with van der Waals surface area (Å²) in [6.45, 7) is 0. The number of benzene rings is 1. The van der Waals surface area contributed by atoms with E-state index in [4.69, 9.17) is 0 Å². The highest BCUT2D eigenvalue weighted by molar-refractivity contribution is 8.76. The van der Waals surface area contributed by atoms with Gasteiger partial charge in [0.25, 0.3) is 0 Å². The average molecular weight is 366 g/mol. The van der Waals surface area contributed by atoms with Crippen molar-refractivity contribution in [3.05, 3.63) is 66.4 Å². The third-order valence-corrected chi connectivity index (χ3v) is 5.16. The van der Waals surface area contributed by atoms with Crippen LogP contribution in [0.3, 0.4) is 0 Å². The molecule has 10 heteroatoms. The first kappa shape index (κ1) is 15.6. The molecule has 0 spiro atoms. The molecule has 0 amide bonds. The van der Waals surface area contributed by atoms with E-state index in [9.17, 15) is 0 Å². The standard InChI is InChI=1S/C15H10N8S2/c1-2-5-9-12(8-4-1)22-14(16-18-20-22)24-25-15-17-19-21-23(15)13-10-6-3-7-11-13/h1,3-11H. The van der Waals surface area contributed by atoms with Gasteiger partial charge in [0.05, 0.1) is 11.4 Å². The lowest BCUT2D eigenvalue weighted by molar-refractivity contribution is 0.757. The molecule has 0 radical (unpaired) electrons. The monoisotopic (exact) mass is 366 g/mol. The summed E-state index contributed by atoms with van der Waals surface area (Å²) in [5.41, 5.74) is 4.74. The van der Waals surface area contributed by atoms with Crippen molar-refractivity contribution in [3.8, 4) is 5.69 Å². The van der Waals surface area contributed by atoms with E-state index in [-0.39, 0.29) is 0 Å². The fraction of sp³-hybridized carbons (Fsp3) is 0. The Labute approximate surface area is 150 Å². The second-order valence-corrected chi connectivity index (χ2v) is 6.76. The number of allylic oxidation sites excluding steroid dienone is 5. The van der Waals surface area contributed by atoms with Crippen LogP contribution in [0.2, 0.25) is 0 Å². The van der Waals surface area contributed by atoms with E-state index in [0.29, 0.717) is 10.3 Å². The van der Waals surface area contributed by atoms with E-state index in [0.717, 1.165) is 11.4 Å². The van der Waals surface area contributed by atoms with Crippen molar-refractivity contribution in [2.45, 2.75) is 10.3 Å².